The maximum atomic E-state index is 13.0. The van der Waals surface area contributed by atoms with Crippen LogP contribution in [0.15, 0.2) is 35.3 Å². The molecular formula is C24H39N7O6. The second kappa shape index (κ2) is 16.1. The van der Waals surface area contributed by atoms with E-state index < -0.39 is 54.5 Å². The Hall–Kier alpha value is -3.71. The Labute approximate surface area is 216 Å². The Kier molecular flexibility index (Phi) is 13.6. The smallest absolute Gasteiger partial charge is 0.326 e. The lowest BCUT2D eigenvalue weighted by molar-refractivity contribution is -0.142. The highest BCUT2D eigenvalue weighted by Gasteiger charge is 2.32. The number of carboxylic acid groups (broad SMARTS) is 1. The van der Waals surface area contributed by atoms with Crippen LogP contribution in [-0.2, 0) is 25.6 Å². The average molecular weight is 522 g/mol. The number of aliphatic imine (C=N–C) groups is 1. The normalized spacial score (nSPS) is 14.8. The van der Waals surface area contributed by atoms with Gasteiger partial charge >= 0.3 is 5.97 Å². The van der Waals surface area contributed by atoms with Gasteiger partial charge in [-0.15, -0.1) is 0 Å². The van der Waals surface area contributed by atoms with Gasteiger partial charge in [-0.2, -0.15) is 0 Å². The van der Waals surface area contributed by atoms with Gasteiger partial charge in [-0.1, -0.05) is 50.6 Å². The number of guanidine groups is 1. The number of amides is 3. The third-order valence-corrected chi connectivity index (χ3v) is 5.81. The van der Waals surface area contributed by atoms with Crippen LogP contribution < -0.4 is 33.2 Å². The molecule has 0 bridgehead atoms. The minimum Gasteiger partial charge on any atom is -0.480 e. The highest BCUT2D eigenvalue weighted by atomic mass is 16.4. The number of aliphatic carboxylic acids is 1. The van der Waals surface area contributed by atoms with E-state index >= 15 is 0 Å². The molecule has 1 aromatic carbocycles. The fourth-order valence-electron chi connectivity index (χ4n) is 3.39. The summed E-state index contributed by atoms with van der Waals surface area (Å²) in [6, 6.07) is 4.04. The number of benzene rings is 1. The van der Waals surface area contributed by atoms with Crippen LogP contribution in [0.2, 0.25) is 0 Å². The molecule has 206 valence electrons. The molecule has 11 N–H and O–H groups in total. The predicted molar refractivity (Wildman–Crippen MR) is 138 cm³/mol. The molecule has 0 aliphatic rings. The molecule has 5 unspecified atom stereocenters. The van der Waals surface area contributed by atoms with E-state index in [0.29, 0.717) is 24.9 Å². The quantitative estimate of drug-likeness (QED) is 0.0694. The van der Waals surface area contributed by atoms with Crippen LogP contribution in [0.25, 0.3) is 0 Å². The van der Waals surface area contributed by atoms with Gasteiger partial charge in [0.2, 0.25) is 17.7 Å². The van der Waals surface area contributed by atoms with Gasteiger partial charge in [0.15, 0.2) is 5.96 Å². The molecule has 3 amide bonds. The number of carboxylic acids is 1. The molecule has 0 aliphatic carbocycles. The number of hydrogen-bond donors (Lipinski definition) is 8. The summed E-state index contributed by atoms with van der Waals surface area (Å²) >= 11 is 0. The summed E-state index contributed by atoms with van der Waals surface area (Å²) in [5.41, 5.74) is 17.1. The van der Waals surface area contributed by atoms with Crippen molar-refractivity contribution in [2.75, 3.05) is 13.2 Å². The van der Waals surface area contributed by atoms with E-state index in [1.807, 2.05) is 6.92 Å². The molecular weight excluding hydrogens is 482 g/mol. The molecule has 0 aromatic heterocycles. The first kappa shape index (κ1) is 31.3. The first-order chi connectivity index (χ1) is 17.5. The molecule has 0 spiro atoms. The van der Waals surface area contributed by atoms with Crippen molar-refractivity contribution in [2.45, 2.75) is 63.7 Å². The minimum atomic E-state index is -1.43. The predicted octanol–water partition coefficient (Wildman–Crippen LogP) is -1.81. The second-order valence-corrected chi connectivity index (χ2v) is 8.76. The van der Waals surface area contributed by atoms with Crippen LogP contribution in [-0.4, -0.2) is 77.2 Å². The maximum absolute atomic E-state index is 13.0. The van der Waals surface area contributed by atoms with E-state index in [4.69, 9.17) is 17.2 Å². The molecule has 13 heteroatoms. The van der Waals surface area contributed by atoms with Gasteiger partial charge in [0, 0.05) is 13.0 Å². The summed E-state index contributed by atoms with van der Waals surface area (Å²) in [6.45, 7) is 3.08. The molecule has 5 atom stereocenters. The Morgan fingerprint density at radius 1 is 0.973 bits per heavy atom. The van der Waals surface area contributed by atoms with Gasteiger partial charge in [-0.25, -0.2) is 4.79 Å². The van der Waals surface area contributed by atoms with Gasteiger partial charge in [-0.3, -0.25) is 19.4 Å². The number of carbonyl (C=O) groups is 4. The monoisotopic (exact) mass is 521 g/mol. The van der Waals surface area contributed by atoms with Crippen molar-refractivity contribution in [3.63, 3.8) is 0 Å². The zero-order valence-corrected chi connectivity index (χ0v) is 21.2. The van der Waals surface area contributed by atoms with Crippen LogP contribution in [0.3, 0.4) is 0 Å². The number of hydrogen-bond acceptors (Lipinski definition) is 7. The van der Waals surface area contributed by atoms with Crippen molar-refractivity contribution < 1.29 is 29.4 Å². The largest absolute Gasteiger partial charge is 0.480 e. The summed E-state index contributed by atoms with van der Waals surface area (Å²) in [6.07, 6.45) is 1.26. The van der Waals surface area contributed by atoms with Gasteiger partial charge in [0.25, 0.3) is 0 Å². The Balaban J connectivity index is 2.82. The first-order valence-corrected chi connectivity index (χ1v) is 12.1. The molecule has 0 heterocycles. The molecule has 0 fully saturated rings. The van der Waals surface area contributed by atoms with Crippen molar-refractivity contribution in [1.82, 2.24) is 16.0 Å². The fourth-order valence-corrected chi connectivity index (χ4v) is 3.39. The first-order valence-electron chi connectivity index (χ1n) is 12.1. The zero-order valence-electron chi connectivity index (χ0n) is 21.2. The maximum Gasteiger partial charge on any atom is 0.326 e. The molecule has 0 aliphatic heterocycles. The van der Waals surface area contributed by atoms with Crippen molar-refractivity contribution in [2.24, 2.45) is 28.1 Å². The van der Waals surface area contributed by atoms with Crippen molar-refractivity contribution >= 4 is 29.7 Å². The van der Waals surface area contributed by atoms with Crippen LogP contribution in [0, 0.1) is 5.92 Å². The topological polar surface area (TPSA) is 235 Å². The lowest BCUT2D eigenvalue weighted by Crippen LogP contribution is -2.59. The number of rotatable bonds is 16. The van der Waals surface area contributed by atoms with Crippen LogP contribution in [0.5, 0.6) is 0 Å². The Morgan fingerprint density at radius 3 is 2.14 bits per heavy atom. The summed E-state index contributed by atoms with van der Waals surface area (Å²) < 4.78 is 0. The van der Waals surface area contributed by atoms with Crippen molar-refractivity contribution in [3.05, 3.63) is 35.9 Å². The standard InChI is InChI=1S/C24H39N7O6/c1-3-14(2)19(31-20(33)16(25)10-7-11-28-24(26)27)22(35)30-18(13-32)21(34)29-17(23(36)37)12-15-8-5-4-6-9-15/h4-6,8-9,14,16-19,32H,3,7,10-13,25H2,1-2H3,(H,29,34)(H,30,35)(H,31,33)(H,36,37)(H4,26,27,28). The second-order valence-electron chi connectivity index (χ2n) is 8.76. The third kappa shape index (κ3) is 11.3. The van der Waals surface area contributed by atoms with Crippen LogP contribution in [0.4, 0.5) is 0 Å². The van der Waals surface area contributed by atoms with E-state index in [2.05, 4.69) is 20.9 Å². The van der Waals surface area contributed by atoms with E-state index in [9.17, 15) is 29.4 Å². The molecule has 1 rings (SSSR count). The summed E-state index contributed by atoms with van der Waals surface area (Å²) in [4.78, 5) is 53.8. The minimum absolute atomic E-state index is 0.0145. The summed E-state index contributed by atoms with van der Waals surface area (Å²) in [7, 11) is 0. The lowest BCUT2D eigenvalue weighted by atomic mass is 9.97. The van der Waals surface area contributed by atoms with Gasteiger partial charge in [0.1, 0.15) is 18.1 Å². The SMILES string of the molecule is CCC(C)C(NC(=O)C(N)CCCN=C(N)N)C(=O)NC(CO)C(=O)NC(Cc1ccccc1)C(=O)O. The Bertz CT molecular complexity index is 923. The summed E-state index contributed by atoms with van der Waals surface area (Å²) in [5, 5.41) is 26.6. The van der Waals surface area contributed by atoms with Crippen molar-refractivity contribution in [1.29, 1.82) is 0 Å². The molecule has 0 saturated carbocycles. The average Bonchev–Trinajstić information content (AvgIpc) is 2.87. The third-order valence-electron chi connectivity index (χ3n) is 5.81. The molecule has 13 nitrogen and oxygen atoms in total. The van der Waals surface area contributed by atoms with E-state index in [-0.39, 0.29) is 24.7 Å². The number of aliphatic hydroxyl groups is 1. The number of nitrogens with one attached hydrogen (secondary N) is 3. The fraction of sp³-hybridized carbons (Fsp3) is 0.542. The van der Waals surface area contributed by atoms with Crippen molar-refractivity contribution in [3.8, 4) is 0 Å². The summed E-state index contributed by atoms with van der Waals surface area (Å²) in [5.74, 6) is -3.80. The van der Waals surface area contributed by atoms with E-state index in [0.717, 1.165) is 0 Å². The van der Waals surface area contributed by atoms with Crippen LogP contribution >= 0.6 is 0 Å². The van der Waals surface area contributed by atoms with Gasteiger partial charge in [-0.05, 0) is 24.3 Å². The molecule has 37 heavy (non-hydrogen) atoms. The lowest BCUT2D eigenvalue weighted by Gasteiger charge is -2.27. The number of nitrogens with zero attached hydrogens (tertiary/aromatic N) is 1. The van der Waals surface area contributed by atoms with Gasteiger partial charge < -0.3 is 43.4 Å². The molecule has 0 radical (unpaired) electrons. The number of nitrogens with two attached hydrogens (primary N) is 3. The molecule has 1 aromatic rings. The number of carbonyl (C=O) groups excluding carboxylic acids is 3. The van der Waals surface area contributed by atoms with E-state index in [1.165, 1.54) is 0 Å². The molecule has 0 saturated heterocycles. The van der Waals surface area contributed by atoms with Crippen LogP contribution in [0.1, 0.15) is 38.7 Å². The highest BCUT2D eigenvalue weighted by molar-refractivity contribution is 5.94. The Morgan fingerprint density at radius 2 is 1.59 bits per heavy atom. The highest BCUT2D eigenvalue weighted by Crippen LogP contribution is 2.10. The van der Waals surface area contributed by atoms with Gasteiger partial charge in [0.05, 0.1) is 12.6 Å². The zero-order chi connectivity index (χ0) is 28.0. The number of aliphatic hydroxyl groups excluding tert-OH is 1. The van der Waals surface area contributed by atoms with E-state index in [1.54, 1.807) is 37.3 Å².